The Morgan fingerprint density at radius 1 is 0.982 bits per heavy atom. The van der Waals surface area contributed by atoms with Crippen molar-refractivity contribution in [3.63, 3.8) is 0 Å². The van der Waals surface area contributed by atoms with E-state index < -0.39 is 58.9 Å². The topological polar surface area (TPSA) is 180 Å². The monoisotopic (exact) mass is 794 g/mol. The number of rotatable bonds is 9. The number of ether oxygens (including phenoxy) is 3. The highest BCUT2D eigenvalue weighted by Gasteiger charge is 2.79. The molecule has 9 rings (SSSR count). The molecule has 0 aromatic carbocycles. The molecule has 0 amide bonds. The van der Waals surface area contributed by atoms with Crippen LogP contribution in [0.5, 0.6) is 0 Å². The van der Waals surface area contributed by atoms with Crippen LogP contribution in [0.15, 0.2) is 23.8 Å². The second-order valence-electron chi connectivity index (χ2n) is 21.7. The summed E-state index contributed by atoms with van der Waals surface area (Å²) >= 11 is 0. The summed E-state index contributed by atoms with van der Waals surface area (Å²) in [5.74, 6) is -0.672. The van der Waals surface area contributed by atoms with Crippen molar-refractivity contribution in [2.75, 3.05) is 13.7 Å². The number of hydrogen-bond acceptors (Lipinski definition) is 9. The largest absolute Gasteiger partial charge is 0.481 e. The zero-order valence-corrected chi connectivity index (χ0v) is 34.5. The Labute approximate surface area is 337 Å². The SMILES string of the molecule is COCC1CC2(C)CC=CC3(C2)C2=CC4CC5CCCC67C5CC(OC5OC(C(=O)O)C(O)C(O)C5O)C(C)(C)C6CCC(C)(C47)C2(CCC=O)CCC13C(=O)O. The van der Waals surface area contributed by atoms with E-state index in [2.05, 4.69) is 45.9 Å². The van der Waals surface area contributed by atoms with Crippen molar-refractivity contribution in [2.45, 2.75) is 154 Å². The first-order valence-corrected chi connectivity index (χ1v) is 22.1. The highest BCUT2D eigenvalue weighted by Crippen LogP contribution is 2.85. The van der Waals surface area contributed by atoms with Crippen LogP contribution in [0.1, 0.15) is 118 Å². The molecule has 8 aliphatic carbocycles. The molecule has 0 aromatic rings. The molecule has 0 radical (unpaired) electrons. The number of carboxylic acid groups (broad SMARTS) is 2. The minimum Gasteiger partial charge on any atom is -0.481 e. The molecule has 18 unspecified atom stereocenters. The average molecular weight is 795 g/mol. The molecule has 4 bridgehead atoms. The number of aldehydes is 1. The van der Waals surface area contributed by atoms with Gasteiger partial charge in [-0.3, -0.25) is 4.79 Å². The number of aliphatic hydroxyl groups is 3. The van der Waals surface area contributed by atoms with Crippen LogP contribution in [0.2, 0.25) is 0 Å². The maximum atomic E-state index is 14.1. The maximum absolute atomic E-state index is 14.1. The molecule has 57 heavy (non-hydrogen) atoms. The molecular formula is C46H66O11. The second kappa shape index (κ2) is 13.2. The maximum Gasteiger partial charge on any atom is 0.335 e. The third-order valence-electron chi connectivity index (χ3n) is 19.4. The van der Waals surface area contributed by atoms with Crippen molar-refractivity contribution in [2.24, 2.45) is 73.4 Å². The summed E-state index contributed by atoms with van der Waals surface area (Å²) in [6.45, 7) is 9.84. The quantitative estimate of drug-likeness (QED) is 0.106. The lowest BCUT2D eigenvalue weighted by atomic mass is 9.24. The van der Waals surface area contributed by atoms with Gasteiger partial charge in [-0.25, -0.2) is 4.79 Å². The van der Waals surface area contributed by atoms with Crippen molar-refractivity contribution in [1.82, 2.24) is 0 Å². The molecule has 0 aromatic heterocycles. The predicted molar refractivity (Wildman–Crippen MR) is 207 cm³/mol. The Kier molecular flexibility index (Phi) is 9.31. The minimum atomic E-state index is -1.78. The van der Waals surface area contributed by atoms with Crippen LogP contribution >= 0.6 is 0 Å². The molecule has 18 atom stereocenters. The molecule has 1 aliphatic heterocycles. The van der Waals surface area contributed by atoms with Crippen molar-refractivity contribution >= 4 is 18.2 Å². The van der Waals surface area contributed by atoms with Gasteiger partial charge in [0.25, 0.3) is 0 Å². The van der Waals surface area contributed by atoms with Gasteiger partial charge in [-0.05, 0) is 127 Å². The van der Waals surface area contributed by atoms with E-state index in [1.165, 1.54) is 5.57 Å². The Morgan fingerprint density at radius 2 is 1.75 bits per heavy atom. The van der Waals surface area contributed by atoms with E-state index in [4.69, 9.17) is 14.2 Å². The number of aliphatic carboxylic acids is 2. The second-order valence-corrected chi connectivity index (χ2v) is 21.7. The highest BCUT2D eigenvalue weighted by atomic mass is 16.7. The molecule has 6 saturated carbocycles. The van der Waals surface area contributed by atoms with Crippen LogP contribution in [-0.4, -0.2) is 94.3 Å². The number of carbonyl (C=O) groups excluding carboxylic acids is 1. The first-order chi connectivity index (χ1) is 26.9. The molecule has 5 N–H and O–H groups in total. The molecule has 11 heteroatoms. The number of hydrogen-bond donors (Lipinski definition) is 5. The van der Waals surface area contributed by atoms with Crippen molar-refractivity contribution in [3.8, 4) is 0 Å². The lowest BCUT2D eigenvalue weighted by Gasteiger charge is -2.79. The van der Waals surface area contributed by atoms with Crippen LogP contribution in [0.3, 0.4) is 0 Å². The molecule has 316 valence electrons. The summed E-state index contributed by atoms with van der Waals surface area (Å²) in [5.41, 5.74) is -1.33. The fourth-order valence-electron chi connectivity index (χ4n) is 17.7. The summed E-state index contributed by atoms with van der Waals surface area (Å²) < 4.78 is 18.3. The summed E-state index contributed by atoms with van der Waals surface area (Å²) in [6, 6.07) is 0. The van der Waals surface area contributed by atoms with Crippen molar-refractivity contribution in [1.29, 1.82) is 0 Å². The number of carbonyl (C=O) groups is 3. The predicted octanol–water partition coefficient (Wildman–Crippen LogP) is 5.93. The van der Waals surface area contributed by atoms with Crippen LogP contribution in [0.4, 0.5) is 0 Å². The first-order valence-electron chi connectivity index (χ1n) is 22.1. The zero-order valence-electron chi connectivity index (χ0n) is 34.5. The van der Waals surface area contributed by atoms with E-state index in [1.54, 1.807) is 7.11 Å². The van der Waals surface area contributed by atoms with E-state index in [9.17, 15) is 39.9 Å². The van der Waals surface area contributed by atoms with E-state index in [0.29, 0.717) is 37.2 Å². The normalized spacial score (nSPS) is 54.0. The lowest BCUT2D eigenvalue weighted by Crippen LogP contribution is -2.75. The van der Waals surface area contributed by atoms with Gasteiger partial charge in [0.05, 0.1) is 18.1 Å². The number of fused-ring (bicyclic) bond motifs is 3. The van der Waals surface area contributed by atoms with Crippen molar-refractivity contribution < 1.29 is 54.1 Å². The van der Waals surface area contributed by atoms with Gasteiger partial charge < -0.3 is 44.5 Å². The Balaban J connectivity index is 1.18. The van der Waals surface area contributed by atoms with E-state index >= 15 is 0 Å². The van der Waals surface area contributed by atoms with Gasteiger partial charge in [0.15, 0.2) is 12.4 Å². The molecule has 11 nitrogen and oxygen atoms in total. The first kappa shape index (κ1) is 40.3. The fourth-order valence-corrected chi connectivity index (χ4v) is 17.7. The van der Waals surface area contributed by atoms with Gasteiger partial charge in [-0.1, -0.05) is 64.3 Å². The number of allylic oxidation sites excluding steroid dienone is 4. The van der Waals surface area contributed by atoms with Crippen LogP contribution in [0, 0.1) is 73.4 Å². The summed E-state index contributed by atoms with van der Waals surface area (Å²) in [7, 11) is 1.70. The summed E-state index contributed by atoms with van der Waals surface area (Å²) in [4.78, 5) is 38.7. The minimum absolute atomic E-state index is 0.0230. The van der Waals surface area contributed by atoms with E-state index in [0.717, 1.165) is 83.3 Å². The number of aliphatic hydroxyl groups excluding tert-OH is 3. The van der Waals surface area contributed by atoms with E-state index in [1.807, 2.05) is 0 Å². The molecule has 2 spiro atoms. The highest BCUT2D eigenvalue weighted by molar-refractivity contribution is 5.79. The van der Waals surface area contributed by atoms with Gasteiger partial charge in [0.1, 0.15) is 24.6 Å². The van der Waals surface area contributed by atoms with Crippen molar-refractivity contribution in [3.05, 3.63) is 23.8 Å². The Hall–Kier alpha value is -2.15. The third kappa shape index (κ3) is 4.96. The van der Waals surface area contributed by atoms with Gasteiger partial charge in [-0.15, -0.1) is 0 Å². The van der Waals surface area contributed by atoms with Gasteiger partial charge >= 0.3 is 11.9 Å². The van der Waals surface area contributed by atoms with E-state index in [-0.39, 0.29) is 45.5 Å². The summed E-state index contributed by atoms with van der Waals surface area (Å²) in [6.07, 6.45) is 11.7. The number of methoxy groups -OCH3 is 1. The third-order valence-corrected chi connectivity index (χ3v) is 19.4. The average Bonchev–Trinajstić information content (AvgIpc) is 3.13. The zero-order chi connectivity index (χ0) is 40.7. The fraction of sp³-hybridized carbons (Fsp3) is 0.848. The van der Waals surface area contributed by atoms with Gasteiger partial charge in [-0.2, -0.15) is 0 Å². The smallest absolute Gasteiger partial charge is 0.335 e. The lowest BCUT2D eigenvalue weighted by molar-refractivity contribution is -0.342. The Bertz CT molecular complexity index is 1740. The number of carboxylic acids is 2. The standard InChI is InChI=1S/C46H66O11/c1-40(2)29-10-15-42(4)36-26(19-25-9-6-14-45(29,36)28(25)21-31(40)56-38-34(50)32(48)33(49)35(57-38)37(51)52)20-30-43(42,13-8-18-47)16-17-46(39(53)54)27(23-55-5)22-41(3)11-7-12-44(30,46)24-41/h7,12,18,20,25-29,31-36,38,48-50H,6,8-11,13-17,19,21-24H2,1-5H3,(H,51,52)(H,53,54). The van der Waals surface area contributed by atoms with Gasteiger partial charge in [0, 0.05) is 24.9 Å². The van der Waals surface area contributed by atoms with Crippen LogP contribution in [0.25, 0.3) is 0 Å². The molecule has 1 saturated heterocycles. The van der Waals surface area contributed by atoms with Gasteiger partial charge in [0.2, 0.25) is 0 Å². The molecule has 7 fully saturated rings. The molecule has 1 heterocycles. The molecular weight excluding hydrogens is 728 g/mol. The van der Waals surface area contributed by atoms with Crippen LogP contribution < -0.4 is 0 Å². The summed E-state index contributed by atoms with van der Waals surface area (Å²) in [5, 5.41) is 53.5. The molecule has 9 aliphatic rings. The van der Waals surface area contributed by atoms with Crippen LogP contribution in [-0.2, 0) is 28.6 Å². The Morgan fingerprint density at radius 3 is 2.46 bits per heavy atom.